The maximum Gasteiger partial charge on any atom is 0.317 e. The highest BCUT2D eigenvalue weighted by Crippen LogP contribution is 2.33. The lowest BCUT2D eigenvalue weighted by Gasteiger charge is -2.24. The van der Waals surface area contributed by atoms with Gasteiger partial charge in [0.15, 0.2) is 0 Å². The van der Waals surface area contributed by atoms with E-state index in [4.69, 9.17) is 0 Å². The summed E-state index contributed by atoms with van der Waals surface area (Å²) in [6, 6.07) is 0.587. The Labute approximate surface area is 98.6 Å². The second kappa shape index (κ2) is 5.07. The average Bonchev–Trinajstić information content (AvgIpc) is 2.89. The molecule has 0 aromatic carbocycles. The average molecular weight is 224 g/mol. The number of urea groups is 1. The van der Waals surface area contributed by atoms with Crippen LogP contribution in [0.15, 0.2) is 0 Å². The van der Waals surface area contributed by atoms with E-state index >= 15 is 0 Å². The molecule has 1 saturated heterocycles. The molecular formula is C13H24N2O. The van der Waals surface area contributed by atoms with Crippen molar-refractivity contribution in [3.63, 3.8) is 0 Å². The van der Waals surface area contributed by atoms with Gasteiger partial charge < -0.3 is 10.2 Å². The van der Waals surface area contributed by atoms with Crippen molar-refractivity contribution in [2.75, 3.05) is 13.1 Å². The largest absolute Gasteiger partial charge is 0.335 e. The maximum absolute atomic E-state index is 12.0. The van der Waals surface area contributed by atoms with Gasteiger partial charge in [-0.05, 0) is 37.5 Å². The summed E-state index contributed by atoms with van der Waals surface area (Å²) in [4.78, 5) is 13.9. The van der Waals surface area contributed by atoms with Crippen LogP contribution in [0.4, 0.5) is 4.79 Å². The number of carbonyl (C=O) groups excluding carboxylic acids is 1. The van der Waals surface area contributed by atoms with Crippen LogP contribution in [0.2, 0.25) is 0 Å². The zero-order chi connectivity index (χ0) is 11.5. The molecule has 2 aliphatic rings. The van der Waals surface area contributed by atoms with Gasteiger partial charge >= 0.3 is 6.03 Å². The minimum atomic E-state index is 0.172. The summed E-state index contributed by atoms with van der Waals surface area (Å²) in [7, 11) is 0. The SMILES string of the molecule is CCC1CCC(NC(=O)N2CCCC2)C1C. The van der Waals surface area contributed by atoms with Gasteiger partial charge in [-0.25, -0.2) is 4.79 Å². The zero-order valence-electron chi connectivity index (χ0n) is 10.5. The first-order valence-electron chi connectivity index (χ1n) is 6.77. The van der Waals surface area contributed by atoms with E-state index in [2.05, 4.69) is 19.2 Å². The van der Waals surface area contributed by atoms with E-state index in [9.17, 15) is 4.79 Å². The minimum absolute atomic E-state index is 0.172. The molecule has 0 radical (unpaired) electrons. The topological polar surface area (TPSA) is 32.3 Å². The number of nitrogens with zero attached hydrogens (tertiary/aromatic N) is 1. The highest BCUT2D eigenvalue weighted by Gasteiger charge is 2.33. The van der Waals surface area contributed by atoms with Gasteiger partial charge in [-0.15, -0.1) is 0 Å². The monoisotopic (exact) mass is 224 g/mol. The van der Waals surface area contributed by atoms with Crippen molar-refractivity contribution in [1.29, 1.82) is 0 Å². The lowest BCUT2D eigenvalue weighted by atomic mass is 9.93. The summed E-state index contributed by atoms with van der Waals surface area (Å²) in [5.41, 5.74) is 0. The molecule has 16 heavy (non-hydrogen) atoms. The van der Waals surface area contributed by atoms with Crippen molar-refractivity contribution in [3.8, 4) is 0 Å². The third kappa shape index (κ3) is 2.33. The van der Waals surface area contributed by atoms with Crippen LogP contribution in [0.25, 0.3) is 0 Å². The Morgan fingerprint density at radius 1 is 1.31 bits per heavy atom. The summed E-state index contributed by atoms with van der Waals surface area (Å²) >= 11 is 0. The summed E-state index contributed by atoms with van der Waals surface area (Å²) in [6.07, 6.45) is 6.04. The van der Waals surface area contributed by atoms with Crippen LogP contribution in [-0.2, 0) is 0 Å². The summed E-state index contributed by atoms with van der Waals surface area (Å²) < 4.78 is 0. The number of likely N-dealkylation sites (tertiary alicyclic amines) is 1. The van der Waals surface area contributed by atoms with Crippen molar-refractivity contribution < 1.29 is 4.79 Å². The molecule has 1 aliphatic carbocycles. The van der Waals surface area contributed by atoms with Gasteiger partial charge in [0, 0.05) is 19.1 Å². The Morgan fingerprint density at radius 3 is 2.56 bits per heavy atom. The number of rotatable bonds is 2. The molecule has 1 saturated carbocycles. The first kappa shape index (κ1) is 11.7. The number of carbonyl (C=O) groups is 1. The Kier molecular flexibility index (Phi) is 3.72. The van der Waals surface area contributed by atoms with Crippen molar-refractivity contribution >= 4 is 6.03 Å². The van der Waals surface area contributed by atoms with Crippen LogP contribution < -0.4 is 5.32 Å². The molecule has 3 heteroatoms. The van der Waals surface area contributed by atoms with Gasteiger partial charge in [-0.3, -0.25) is 0 Å². The lowest BCUT2D eigenvalue weighted by Crippen LogP contribution is -2.45. The Balaban J connectivity index is 1.83. The Morgan fingerprint density at radius 2 is 2.00 bits per heavy atom. The normalized spacial score (nSPS) is 34.4. The molecule has 1 aliphatic heterocycles. The number of nitrogens with one attached hydrogen (secondary N) is 1. The van der Waals surface area contributed by atoms with Gasteiger partial charge in [-0.1, -0.05) is 20.3 Å². The van der Waals surface area contributed by atoms with E-state index in [1.807, 2.05) is 4.90 Å². The molecule has 2 amide bonds. The van der Waals surface area contributed by atoms with Gasteiger partial charge in [0.1, 0.15) is 0 Å². The molecule has 2 fully saturated rings. The van der Waals surface area contributed by atoms with Gasteiger partial charge in [0.2, 0.25) is 0 Å². The van der Waals surface area contributed by atoms with Gasteiger partial charge in [0.25, 0.3) is 0 Å². The molecule has 3 unspecified atom stereocenters. The fourth-order valence-electron chi connectivity index (χ4n) is 3.20. The molecule has 3 atom stereocenters. The predicted octanol–water partition coefficient (Wildman–Crippen LogP) is 2.62. The first-order chi connectivity index (χ1) is 7.72. The second-order valence-electron chi connectivity index (χ2n) is 5.35. The van der Waals surface area contributed by atoms with Crippen LogP contribution in [0.5, 0.6) is 0 Å². The number of hydrogen-bond acceptors (Lipinski definition) is 1. The fraction of sp³-hybridized carbons (Fsp3) is 0.923. The van der Waals surface area contributed by atoms with E-state index < -0.39 is 0 Å². The molecule has 2 rings (SSSR count). The molecule has 1 N–H and O–H groups in total. The maximum atomic E-state index is 12.0. The summed E-state index contributed by atoms with van der Waals surface area (Å²) in [5, 5.41) is 3.22. The highest BCUT2D eigenvalue weighted by atomic mass is 16.2. The lowest BCUT2D eigenvalue weighted by molar-refractivity contribution is 0.200. The van der Waals surface area contributed by atoms with Gasteiger partial charge in [0.05, 0.1) is 0 Å². The van der Waals surface area contributed by atoms with Crippen LogP contribution >= 0.6 is 0 Å². The Bertz CT molecular complexity index is 248. The molecule has 1 heterocycles. The van der Waals surface area contributed by atoms with Crippen molar-refractivity contribution in [3.05, 3.63) is 0 Å². The van der Waals surface area contributed by atoms with Crippen LogP contribution in [0, 0.1) is 11.8 Å². The molecule has 0 bridgehead atoms. The first-order valence-corrected chi connectivity index (χ1v) is 6.77. The molecule has 92 valence electrons. The van der Waals surface area contributed by atoms with Crippen LogP contribution in [-0.4, -0.2) is 30.1 Å². The van der Waals surface area contributed by atoms with E-state index in [0.29, 0.717) is 12.0 Å². The van der Waals surface area contributed by atoms with Crippen molar-refractivity contribution in [1.82, 2.24) is 10.2 Å². The summed E-state index contributed by atoms with van der Waals surface area (Å²) in [5.74, 6) is 1.46. The zero-order valence-corrected chi connectivity index (χ0v) is 10.5. The molecule has 0 spiro atoms. The second-order valence-corrected chi connectivity index (χ2v) is 5.35. The quantitative estimate of drug-likeness (QED) is 0.768. The van der Waals surface area contributed by atoms with Crippen molar-refractivity contribution in [2.45, 2.75) is 52.0 Å². The van der Waals surface area contributed by atoms with E-state index in [0.717, 1.165) is 19.0 Å². The fourth-order valence-corrected chi connectivity index (χ4v) is 3.20. The molecular weight excluding hydrogens is 200 g/mol. The number of amides is 2. The Hall–Kier alpha value is -0.730. The third-order valence-corrected chi connectivity index (χ3v) is 4.45. The van der Waals surface area contributed by atoms with Crippen molar-refractivity contribution in [2.24, 2.45) is 11.8 Å². The van der Waals surface area contributed by atoms with Gasteiger partial charge in [-0.2, -0.15) is 0 Å². The molecule has 0 aromatic rings. The van der Waals surface area contributed by atoms with Crippen LogP contribution in [0.1, 0.15) is 46.0 Å². The molecule has 0 aromatic heterocycles. The summed E-state index contributed by atoms with van der Waals surface area (Å²) in [6.45, 7) is 6.44. The smallest absolute Gasteiger partial charge is 0.317 e. The highest BCUT2D eigenvalue weighted by molar-refractivity contribution is 5.74. The van der Waals surface area contributed by atoms with E-state index in [-0.39, 0.29) is 6.03 Å². The minimum Gasteiger partial charge on any atom is -0.335 e. The number of hydrogen-bond donors (Lipinski definition) is 1. The standard InChI is InChI=1S/C13H24N2O/c1-3-11-6-7-12(10(11)2)14-13(16)15-8-4-5-9-15/h10-12H,3-9H2,1-2H3,(H,14,16). The third-order valence-electron chi connectivity index (χ3n) is 4.45. The van der Waals surface area contributed by atoms with E-state index in [1.165, 1.54) is 32.1 Å². The predicted molar refractivity (Wildman–Crippen MR) is 65.3 cm³/mol. The van der Waals surface area contributed by atoms with E-state index in [1.54, 1.807) is 0 Å². The molecule has 3 nitrogen and oxygen atoms in total. The van der Waals surface area contributed by atoms with Crippen LogP contribution in [0.3, 0.4) is 0 Å².